The maximum Gasteiger partial charge on any atom is 0.249 e. The Morgan fingerprint density at radius 2 is 1.82 bits per heavy atom. The Hall–Kier alpha value is -3.68. The van der Waals surface area contributed by atoms with Gasteiger partial charge in [0.1, 0.15) is 18.7 Å². The van der Waals surface area contributed by atoms with Gasteiger partial charge in [-0.25, -0.2) is 9.67 Å². The van der Waals surface area contributed by atoms with Gasteiger partial charge in [-0.1, -0.05) is 18.2 Å². The van der Waals surface area contributed by atoms with E-state index in [1.165, 1.54) is 17.3 Å². The zero-order chi connectivity index (χ0) is 19.5. The third-order valence-electron chi connectivity index (χ3n) is 4.67. The molecule has 2 heterocycles. The summed E-state index contributed by atoms with van der Waals surface area (Å²) in [6.45, 7) is 3.85. The quantitative estimate of drug-likeness (QED) is 0.479. The second-order valence-corrected chi connectivity index (χ2v) is 6.64. The average molecular weight is 375 g/mol. The minimum absolute atomic E-state index is 0.0557. The number of aromatic amines is 1. The number of carbonyl (C=O) groups excluding carboxylic acids is 1. The van der Waals surface area contributed by atoms with E-state index in [0.29, 0.717) is 0 Å². The smallest absolute Gasteiger partial charge is 0.249 e. The molecule has 0 bridgehead atoms. The summed E-state index contributed by atoms with van der Waals surface area (Å²) in [6.07, 6.45) is 2.94. The molecule has 3 N–H and O–H groups in total. The lowest BCUT2D eigenvalue weighted by Gasteiger charge is -2.15. The van der Waals surface area contributed by atoms with Crippen molar-refractivity contribution < 1.29 is 4.79 Å². The SMILES string of the molecule is CC(Nc1ccc(NC(=O)C(C)n2cncn2)cc1)c1[nH]nc2ccccc12. The predicted molar refractivity (Wildman–Crippen MR) is 108 cm³/mol. The van der Waals surface area contributed by atoms with E-state index < -0.39 is 6.04 Å². The van der Waals surface area contributed by atoms with Crippen LogP contribution in [0.1, 0.15) is 31.6 Å². The van der Waals surface area contributed by atoms with E-state index in [0.717, 1.165) is 28.0 Å². The lowest BCUT2D eigenvalue weighted by atomic mass is 10.1. The largest absolute Gasteiger partial charge is 0.377 e. The van der Waals surface area contributed by atoms with E-state index >= 15 is 0 Å². The number of amides is 1. The van der Waals surface area contributed by atoms with Crippen LogP contribution >= 0.6 is 0 Å². The predicted octanol–water partition coefficient (Wildman–Crippen LogP) is 3.53. The fraction of sp³-hybridized carbons (Fsp3) is 0.200. The number of hydrogen-bond donors (Lipinski definition) is 3. The molecule has 0 aliphatic rings. The van der Waals surface area contributed by atoms with Gasteiger partial charge in [-0.05, 0) is 44.2 Å². The van der Waals surface area contributed by atoms with Gasteiger partial charge in [0.2, 0.25) is 5.91 Å². The van der Waals surface area contributed by atoms with Crippen molar-refractivity contribution in [2.75, 3.05) is 10.6 Å². The number of carbonyl (C=O) groups is 1. The Balaban J connectivity index is 1.41. The normalized spacial score (nSPS) is 13.2. The molecule has 0 aliphatic carbocycles. The molecule has 0 radical (unpaired) electrons. The van der Waals surface area contributed by atoms with Gasteiger partial charge in [0.25, 0.3) is 0 Å². The molecule has 2 aromatic carbocycles. The Bertz CT molecular complexity index is 1070. The van der Waals surface area contributed by atoms with Crippen molar-refractivity contribution in [3.05, 3.63) is 66.9 Å². The number of H-pyrrole nitrogens is 1. The minimum atomic E-state index is -0.436. The second kappa shape index (κ2) is 7.51. The van der Waals surface area contributed by atoms with Crippen molar-refractivity contribution >= 4 is 28.2 Å². The van der Waals surface area contributed by atoms with Crippen molar-refractivity contribution in [1.29, 1.82) is 0 Å². The molecule has 0 saturated carbocycles. The van der Waals surface area contributed by atoms with Crippen molar-refractivity contribution in [2.24, 2.45) is 0 Å². The van der Waals surface area contributed by atoms with Gasteiger partial charge in [0.05, 0.1) is 17.3 Å². The van der Waals surface area contributed by atoms with E-state index in [9.17, 15) is 4.79 Å². The number of nitrogens with one attached hydrogen (secondary N) is 3. The summed E-state index contributed by atoms with van der Waals surface area (Å²) < 4.78 is 1.52. The lowest BCUT2D eigenvalue weighted by Crippen LogP contribution is -2.24. The number of rotatable bonds is 6. The fourth-order valence-corrected chi connectivity index (χ4v) is 3.07. The number of benzene rings is 2. The Labute approximate surface area is 162 Å². The molecule has 142 valence electrons. The summed E-state index contributed by atoms with van der Waals surface area (Å²) in [6, 6.07) is 15.2. The highest BCUT2D eigenvalue weighted by Gasteiger charge is 2.16. The molecule has 4 rings (SSSR count). The van der Waals surface area contributed by atoms with E-state index in [-0.39, 0.29) is 11.9 Å². The minimum Gasteiger partial charge on any atom is -0.377 e. The van der Waals surface area contributed by atoms with Crippen LogP contribution in [0.2, 0.25) is 0 Å². The fourth-order valence-electron chi connectivity index (χ4n) is 3.07. The molecule has 28 heavy (non-hydrogen) atoms. The number of anilines is 2. The van der Waals surface area contributed by atoms with Crippen LogP contribution in [-0.4, -0.2) is 30.9 Å². The van der Waals surface area contributed by atoms with Gasteiger partial charge in [-0.15, -0.1) is 0 Å². The van der Waals surface area contributed by atoms with Crippen LogP contribution in [0, 0.1) is 0 Å². The van der Waals surface area contributed by atoms with Crippen LogP contribution in [0.5, 0.6) is 0 Å². The summed E-state index contributed by atoms with van der Waals surface area (Å²) in [5.74, 6) is -0.150. The van der Waals surface area contributed by atoms with Gasteiger partial charge in [-0.3, -0.25) is 9.89 Å². The first kappa shape index (κ1) is 17.7. The maximum absolute atomic E-state index is 12.3. The topological polar surface area (TPSA) is 101 Å². The number of para-hydroxylation sites is 1. The van der Waals surface area contributed by atoms with Crippen LogP contribution in [0.25, 0.3) is 10.9 Å². The van der Waals surface area contributed by atoms with E-state index in [2.05, 4.69) is 43.9 Å². The third kappa shape index (κ3) is 3.57. The van der Waals surface area contributed by atoms with Crippen molar-refractivity contribution in [3.8, 4) is 0 Å². The molecule has 8 nitrogen and oxygen atoms in total. The van der Waals surface area contributed by atoms with Gasteiger partial charge in [-0.2, -0.15) is 10.2 Å². The molecule has 2 unspecified atom stereocenters. The average Bonchev–Trinajstić information content (AvgIpc) is 3.39. The number of fused-ring (bicyclic) bond motifs is 1. The summed E-state index contributed by atoms with van der Waals surface area (Å²) in [5.41, 5.74) is 3.66. The summed E-state index contributed by atoms with van der Waals surface area (Å²) in [5, 5.41) is 18.9. The standard InChI is InChI=1S/C20H21N7O/c1-13(19-17-5-3-4-6-18(17)25-26-19)23-15-7-9-16(10-8-15)24-20(28)14(2)27-12-21-11-22-27/h3-14,23H,1-2H3,(H,24,28)(H,25,26). The van der Waals surface area contributed by atoms with Gasteiger partial charge >= 0.3 is 0 Å². The molecular formula is C20H21N7O. The van der Waals surface area contributed by atoms with E-state index in [4.69, 9.17) is 0 Å². The van der Waals surface area contributed by atoms with Gasteiger partial charge in [0.15, 0.2) is 0 Å². The molecule has 4 aromatic rings. The van der Waals surface area contributed by atoms with E-state index in [1.54, 1.807) is 6.92 Å². The first-order chi connectivity index (χ1) is 13.6. The van der Waals surface area contributed by atoms with Crippen LogP contribution in [0.3, 0.4) is 0 Å². The summed E-state index contributed by atoms with van der Waals surface area (Å²) in [7, 11) is 0. The van der Waals surface area contributed by atoms with Crippen molar-refractivity contribution in [3.63, 3.8) is 0 Å². The lowest BCUT2D eigenvalue weighted by molar-refractivity contribution is -0.119. The highest BCUT2D eigenvalue weighted by Crippen LogP contribution is 2.25. The first-order valence-corrected chi connectivity index (χ1v) is 9.06. The highest BCUT2D eigenvalue weighted by atomic mass is 16.2. The number of hydrogen-bond acceptors (Lipinski definition) is 5. The second-order valence-electron chi connectivity index (χ2n) is 6.64. The molecule has 0 saturated heterocycles. The molecule has 1 amide bonds. The zero-order valence-electron chi connectivity index (χ0n) is 15.6. The first-order valence-electron chi connectivity index (χ1n) is 9.06. The number of aromatic nitrogens is 5. The van der Waals surface area contributed by atoms with E-state index in [1.807, 2.05) is 42.5 Å². The molecule has 2 aromatic heterocycles. The van der Waals surface area contributed by atoms with Crippen molar-refractivity contribution in [2.45, 2.75) is 25.9 Å². The molecule has 0 fully saturated rings. The van der Waals surface area contributed by atoms with Crippen LogP contribution < -0.4 is 10.6 Å². The molecular weight excluding hydrogens is 354 g/mol. The number of nitrogens with zero attached hydrogens (tertiary/aromatic N) is 4. The third-order valence-corrected chi connectivity index (χ3v) is 4.67. The highest BCUT2D eigenvalue weighted by molar-refractivity contribution is 5.93. The summed E-state index contributed by atoms with van der Waals surface area (Å²) in [4.78, 5) is 16.2. The van der Waals surface area contributed by atoms with Crippen LogP contribution in [0.15, 0.2) is 61.2 Å². The molecule has 2 atom stereocenters. The Kier molecular flexibility index (Phi) is 4.76. The zero-order valence-corrected chi connectivity index (χ0v) is 15.6. The monoisotopic (exact) mass is 375 g/mol. The Morgan fingerprint density at radius 1 is 1.07 bits per heavy atom. The maximum atomic E-state index is 12.3. The van der Waals surface area contributed by atoms with Gasteiger partial charge < -0.3 is 10.6 Å². The van der Waals surface area contributed by atoms with Gasteiger partial charge in [0, 0.05) is 16.8 Å². The van der Waals surface area contributed by atoms with Crippen LogP contribution in [0.4, 0.5) is 11.4 Å². The molecule has 8 heteroatoms. The van der Waals surface area contributed by atoms with Crippen molar-refractivity contribution in [1.82, 2.24) is 25.0 Å². The molecule has 0 aliphatic heterocycles. The van der Waals surface area contributed by atoms with Crippen LogP contribution in [-0.2, 0) is 4.79 Å². The Morgan fingerprint density at radius 3 is 2.57 bits per heavy atom. The molecule has 0 spiro atoms. The summed E-state index contributed by atoms with van der Waals surface area (Å²) >= 11 is 0.